The average Bonchev–Trinajstić information content (AvgIpc) is 2.89. The Hall–Kier alpha value is -1.65. The van der Waals surface area contributed by atoms with E-state index in [1.165, 1.54) is 19.4 Å². The standard InChI is InChI=1S/C24H34O5/c1-14-11-24-12-17(14)6-7-18(24)22(4)9-8-20(27)23(5,13-28-15(2)25)19(22)10-21(24)29-16(3)26/h17-19,21H,1,6-13H2,2-5H3/t17-,18?,19?,21+,22+,23-,24+/m1/s1. The van der Waals surface area contributed by atoms with Crippen LogP contribution in [0.3, 0.4) is 0 Å². The summed E-state index contributed by atoms with van der Waals surface area (Å²) in [5, 5.41) is 0. The number of carbonyl (C=O) groups is 3. The normalized spacial score (nSPS) is 45.9. The van der Waals surface area contributed by atoms with E-state index >= 15 is 0 Å². The molecule has 4 fully saturated rings. The molecular weight excluding hydrogens is 368 g/mol. The molecule has 1 spiro atoms. The van der Waals surface area contributed by atoms with Crippen molar-refractivity contribution in [1.82, 2.24) is 0 Å². The minimum Gasteiger partial charge on any atom is -0.465 e. The number of ketones is 1. The van der Waals surface area contributed by atoms with Gasteiger partial charge >= 0.3 is 11.9 Å². The van der Waals surface area contributed by atoms with Gasteiger partial charge in [-0.05, 0) is 68.6 Å². The SMILES string of the molecule is C=C1C[C@]23C[C@H]1CCC2[C@]1(C)CCC(=O)[C@](C)(COC(C)=O)C1C[C@@H]3OC(C)=O. The zero-order valence-electron chi connectivity index (χ0n) is 18.2. The van der Waals surface area contributed by atoms with Gasteiger partial charge in [-0.3, -0.25) is 14.4 Å². The van der Waals surface area contributed by atoms with E-state index in [0.717, 1.165) is 32.1 Å². The molecule has 5 heteroatoms. The van der Waals surface area contributed by atoms with E-state index < -0.39 is 5.41 Å². The molecule has 0 amide bonds. The molecular formula is C24H34O5. The highest BCUT2D eigenvalue weighted by Crippen LogP contribution is 2.72. The first-order valence-electron chi connectivity index (χ1n) is 11.0. The van der Waals surface area contributed by atoms with Crippen LogP contribution in [0.1, 0.15) is 72.6 Å². The number of allylic oxidation sites excluding steroid dienone is 1. The summed E-state index contributed by atoms with van der Waals surface area (Å²) in [5.41, 5.74) is 0.487. The van der Waals surface area contributed by atoms with Gasteiger partial charge in [0.2, 0.25) is 0 Å². The molecule has 160 valence electrons. The Bertz CT molecular complexity index is 771. The molecule has 0 aromatic carbocycles. The zero-order chi connectivity index (χ0) is 21.2. The number of esters is 2. The molecule has 7 atom stereocenters. The van der Waals surface area contributed by atoms with Crippen molar-refractivity contribution in [2.75, 3.05) is 6.61 Å². The van der Waals surface area contributed by atoms with Crippen molar-refractivity contribution in [3.63, 3.8) is 0 Å². The minimum atomic E-state index is -0.731. The van der Waals surface area contributed by atoms with Crippen molar-refractivity contribution in [3.05, 3.63) is 12.2 Å². The predicted molar refractivity (Wildman–Crippen MR) is 108 cm³/mol. The maximum absolute atomic E-state index is 13.1. The summed E-state index contributed by atoms with van der Waals surface area (Å²) in [6, 6.07) is 0. The Morgan fingerprint density at radius 1 is 1.14 bits per heavy atom. The van der Waals surface area contributed by atoms with Crippen LogP contribution in [0.4, 0.5) is 0 Å². The maximum Gasteiger partial charge on any atom is 0.302 e. The zero-order valence-corrected chi connectivity index (χ0v) is 18.2. The van der Waals surface area contributed by atoms with Crippen LogP contribution in [0, 0.1) is 34.0 Å². The molecule has 0 aromatic heterocycles. The van der Waals surface area contributed by atoms with Crippen LogP contribution in [0.5, 0.6) is 0 Å². The molecule has 29 heavy (non-hydrogen) atoms. The Kier molecular flexibility index (Phi) is 4.75. The summed E-state index contributed by atoms with van der Waals surface area (Å²) in [6.45, 7) is 11.6. The summed E-state index contributed by atoms with van der Waals surface area (Å²) in [4.78, 5) is 36.7. The van der Waals surface area contributed by atoms with Crippen molar-refractivity contribution in [2.24, 2.45) is 34.0 Å². The van der Waals surface area contributed by atoms with Crippen LogP contribution in [-0.4, -0.2) is 30.4 Å². The number of hydrogen-bond acceptors (Lipinski definition) is 5. The Balaban J connectivity index is 1.78. The third kappa shape index (κ3) is 2.90. The van der Waals surface area contributed by atoms with Crippen LogP contribution in [0.15, 0.2) is 12.2 Å². The van der Waals surface area contributed by atoms with E-state index in [4.69, 9.17) is 9.47 Å². The lowest BCUT2D eigenvalue weighted by Gasteiger charge is -2.65. The molecule has 2 unspecified atom stereocenters. The number of rotatable bonds is 3. The van der Waals surface area contributed by atoms with E-state index in [0.29, 0.717) is 24.7 Å². The molecule has 4 aliphatic carbocycles. The largest absolute Gasteiger partial charge is 0.465 e. The number of ether oxygens (including phenoxy) is 2. The van der Waals surface area contributed by atoms with Crippen molar-refractivity contribution < 1.29 is 23.9 Å². The number of carbonyl (C=O) groups excluding carboxylic acids is 3. The van der Waals surface area contributed by atoms with Crippen LogP contribution in [0.2, 0.25) is 0 Å². The molecule has 0 heterocycles. The van der Waals surface area contributed by atoms with E-state index in [2.05, 4.69) is 13.5 Å². The Labute approximate surface area is 173 Å². The van der Waals surface area contributed by atoms with Crippen molar-refractivity contribution in [1.29, 1.82) is 0 Å². The third-order valence-corrected chi connectivity index (χ3v) is 9.12. The summed E-state index contributed by atoms with van der Waals surface area (Å²) >= 11 is 0. The molecule has 4 saturated carbocycles. The lowest BCUT2D eigenvalue weighted by molar-refractivity contribution is -0.217. The molecule has 0 N–H and O–H groups in total. The van der Waals surface area contributed by atoms with Gasteiger partial charge in [0, 0.05) is 25.7 Å². The van der Waals surface area contributed by atoms with Crippen molar-refractivity contribution in [2.45, 2.75) is 78.7 Å². The molecule has 0 aliphatic heterocycles. The highest BCUT2D eigenvalue weighted by Gasteiger charge is 2.69. The van der Waals surface area contributed by atoms with Crippen LogP contribution in [-0.2, 0) is 23.9 Å². The fraction of sp³-hybridized carbons (Fsp3) is 0.792. The van der Waals surface area contributed by atoms with Crippen LogP contribution < -0.4 is 0 Å². The highest BCUT2D eigenvalue weighted by atomic mass is 16.5. The molecule has 2 bridgehead atoms. The van der Waals surface area contributed by atoms with Crippen LogP contribution in [0.25, 0.3) is 0 Å². The van der Waals surface area contributed by atoms with E-state index in [1.807, 2.05) is 6.92 Å². The van der Waals surface area contributed by atoms with Gasteiger partial charge in [-0.15, -0.1) is 0 Å². The molecule has 0 saturated heterocycles. The number of fused-ring (bicyclic) bond motifs is 3. The maximum atomic E-state index is 13.1. The first-order chi connectivity index (χ1) is 13.5. The van der Waals surface area contributed by atoms with Gasteiger partial charge in [0.05, 0.1) is 5.41 Å². The molecule has 0 radical (unpaired) electrons. The quantitative estimate of drug-likeness (QED) is 0.522. The summed E-state index contributed by atoms with van der Waals surface area (Å²) in [7, 11) is 0. The molecule has 4 aliphatic rings. The smallest absolute Gasteiger partial charge is 0.302 e. The van der Waals surface area contributed by atoms with E-state index in [-0.39, 0.29) is 47.2 Å². The van der Waals surface area contributed by atoms with Gasteiger partial charge in [0.25, 0.3) is 0 Å². The predicted octanol–water partition coefficient (Wildman–Crippen LogP) is 4.24. The number of Topliss-reactive ketones (excluding diaryl/α,β-unsaturated/α-hetero) is 1. The first kappa shape index (κ1) is 20.6. The highest BCUT2D eigenvalue weighted by molar-refractivity contribution is 5.86. The van der Waals surface area contributed by atoms with Gasteiger partial charge in [0.1, 0.15) is 18.5 Å². The van der Waals surface area contributed by atoms with Gasteiger partial charge in [-0.2, -0.15) is 0 Å². The number of hydrogen-bond donors (Lipinski definition) is 0. The lowest BCUT2D eigenvalue weighted by Crippen LogP contribution is -2.64. The molecule has 5 nitrogen and oxygen atoms in total. The third-order valence-electron chi connectivity index (χ3n) is 9.12. The second kappa shape index (κ2) is 6.68. The fourth-order valence-electron chi connectivity index (χ4n) is 7.88. The monoisotopic (exact) mass is 402 g/mol. The van der Waals surface area contributed by atoms with Gasteiger partial charge in [0.15, 0.2) is 0 Å². The Morgan fingerprint density at radius 2 is 1.86 bits per heavy atom. The summed E-state index contributed by atoms with van der Waals surface area (Å²) in [5.74, 6) is 0.502. The second-order valence-electron chi connectivity index (χ2n) is 10.6. The second-order valence-corrected chi connectivity index (χ2v) is 10.6. The average molecular weight is 403 g/mol. The summed E-state index contributed by atoms with van der Waals surface area (Å²) in [6.07, 6.45) is 6.05. The minimum absolute atomic E-state index is 0.0287. The molecule has 4 rings (SSSR count). The fourth-order valence-corrected chi connectivity index (χ4v) is 7.88. The van der Waals surface area contributed by atoms with E-state index in [1.54, 1.807) is 0 Å². The van der Waals surface area contributed by atoms with Gasteiger partial charge < -0.3 is 9.47 Å². The topological polar surface area (TPSA) is 69.7 Å². The first-order valence-corrected chi connectivity index (χ1v) is 11.0. The van der Waals surface area contributed by atoms with Crippen molar-refractivity contribution in [3.8, 4) is 0 Å². The van der Waals surface area contributed by atoms with Gasteiger partial charge in [-0.1, -0.05) is 19.1 Å². The van der Waals surface area contributed by atoms with Crippen molar-refractivity contribution >= 4 is 17.7 Å². The van der Waals surface area contributed by atoms with Gasteiger partial charge in [-0.25, -0.2) is 0 Å². The lowest BCUT2D eigenvalue weighted by atomic mass is 9.40. The van der Waals surface area contributed by atoms with Crippen LogP contribution >= 0.6 is 0 Å². The Morgan fingerprint density at radius 3 is 2.52 bits per heavy atom. The molecule has 0 aromatic rings. The van der Waals surface area contributed by atoms with E-state index in [9.17, 15) is 14.4 Å². The summed E-state index contributed by atoms with van der Waals surface area (Å²) < 4.78 is 11.4.